The van der Waals surface area contributed by atoms with E-state index < -0.39 is 5.82 Å². The Morgan fingerprint density at radius 2 is 1.91 bits per heavy atom. The van der Waals surface area contributed by atoms with Crippen LogP contribution in [0.5, 0.6) is 5.75 Å². The number of aryl methyl sites for hydroxylation is 1. The lowest BCUT2D eigenvalue weighted by atomic mass is 10.2. The summed E-state index contributed by atoms with van der Waals surface area (Å²) in [6.07, 6.45) is 1.71. The number of anilines is 3. The molecule has 0 unspecified atom stereocenters. The maximum atomic E-state index is 13.9. The zero-order chi connectivity index (χ0) is 23.2. The number of hydrogen-bond donors (Lipinski definition) is 1. The Bertz CT molecular complexity index is 1120. The minimum atomic E-state index is -0.445. The number of carbonyl (C=O) groups excluding carboxylic acids is 1. The van der Waals surface area contributed by atoms with E-state index in [2.05, 4.69) is 31.2 Å². The van der Waals surface area contributed by atoms with E-state index in [0.717, 1.165) is 49.0 Å². The van der Waals surface area contributed by atoms with Crippen molar-refractivity contribution in [1.29, 1.82) is 0 Å². The highest BCUT2D eigenvalue weighted by Crippen LogP contribution is 2.24. The number of aromatic nitrogens is 2. The zero-order valence-electron chi connectivity index (χ0n) is 18.6. The smallest absolute Gasteiger partial charge is 0.234 e. The van der Waals surface area contributed by atoms with Gasteiger partial charge >= 0.3 is 0 Å². The number of carbonyl (C=O) groups is 1. The second-order valence-corrected chi connectivity index (χ2v) is 8.64. The van der Waals surface area contributed by atoms with Crippen molar-refractivity contribution in [3.63, 3.8) is 0 Å². The van der Waals surface area contributed by atoms with Gasteiger partial charge in [-0.1, -0.05) is 23.9 Å². The minimum absolute atomic E-state index is 0.0976. The second-order valence-electron chi connectivity index (χ2n) is 7.69. The fourth-order valence-electron chi connectivity index (χ4n) is 3.62. The fourth-order valence-corrected chi connectivity index (χ4v) is 4.24. The number of nitrogens with one attached hydrogen (secondary N) is 1. The van der Waals surface area contributed by atoms with Crippen LogP contribution < -0.4 is 19.9 Å². The summed E-state index contributed by atoms with van der Waals surface area (Å²) in [4.78, 5) is 25.7. The molecule has 1 fully saturated rings. The van der Waals surface area contributed by atoms with Crippen molar-refractivity contribution >= 4 is 34.9 Å². The molecular formula is C24H26FN5O2S. The second kappa shape index (κ2) is 10.5. The molecule has 1 N–H and O–H groups in total. The van der Waals surface area contributed by atoms with Crippen molar-refractivity contribution in [2.45, 2.75) is 12.1 Å². The minimum Gasteiger partial charge on any atom is -0.497 e. The summed E-state index contributed by atoms with van der Waals surface area (Å²) in [6.45, 7) is 5.18. The van der Waals surface area contributed by atoms with Gasteiger partial charge < -0.3 is 19.9 Å². The summed E-state index contributed by atoms with van der Waals surface area (Å²) in [5, 5.41) is 3.11. The van der Waals surface area contributed by atoms with Crippen LogP contribution in [0.25, 0.3) is 0 Å². The Hall–Kier alpha value is -3.33. The summed E-state index contributed by atoms with van der Waals surface area (Å²) in [5.74, 6) is 1.04. The van der Waals surface area contributed by atoms with E-state index in [1.807, 2.05) is 24.3 Å². The summed E-state index contributed by atoms with van der Waals surface area (Å²) in [7, 11) is 1.67. The maximum Gasteiger partial charge on any atom is 0.234 e. The molecule has 1 amide bonds. The van der Waals surface area contributed by atoms with E-state index >= 15 is 0 Å². The van der Waals surface area contributed by atoms with Crippen molar-refractivity contribution in [2.75, 3.05) is 54.2 Å². The highest BCUT2D eigenvalue weighted by Gasteiger charge is 2.19. The third-order valence-electron chi connectivity index (χ3n) is 5.37. The van der Waals surface area contributed by atoms with Gasteiger partial charge in [-0.15, -0.1) is 0 Å². The number of ether oxygens (including phenoxy) is 1. The first-order valence-corrected chi connectivity index (χ1v) is 11.7. The number of rotatable bonds is 7. The van der Waals surface area contributed by atoms with Crippen molar-refractivity contribution < 1.29 is 13.9 Å². The molecule has 0 saturated carbocycles. The molecule has 2 aromatic carbocycles. The number of halogens is 1. The molecule has 172 valence electrons. The summed E-state index contributed by atoms with van der Waals surface area (Å²) >= 11 is 1.23. The Morgan fingerprint density at radius 1 is 1.12 bits per heavy atom. The summed E-state index contributed by atoms with van der Waals surface area (Å²) < 4.78 is 19.3. The molecule has 9 heteroatoms. The Kier molecular flexibility index (Phi) is 7.29. The van der Waals surface area contributed by atoms with Crippen LogP contribution in [0.3, 0.4) is 0 Å². The van der Waals surface area contributed by atoms with Crippen LogP contribution >= 0.6 is 11.8 Å². The number of nitrogens with zero attached hydrogens (tertiary/aromatic N) is 4. The van der Waals surface area contributed by atoms with Crippen LogP contribution in [0.2, 0.25) is 0 Å². The van der Waals surface area contributed by atoms with Gasteiger partial charge in [0.25, 0.3) is 0 Å². The quantitative estimate of drug-likeness (QED) is 0.416. The van der Waals surface area contributed by atoms with Crippen LogP contribution in [0.15, 0.2) is 59.9 Å². The van der Waals surface area contributed by atoms with Gasteiger partial charge in [0.15, 0.2) is 5.16 Å². The first-order chi connectivity index (χ1) is 16.0. The van der Waals surface area contributed by atoms with E-state index in [1.165, 1.54) is 17.8 Å². The van der Waals surface area contributed by atoms with Gasteiger partial charge in [-0.2, -0.15) is 0 Å². The standard InChI is InChI=1S/C24H26FN5O2S/c1-17-6-7-21(20(25)14-17)27-23(31)16-33-24-26-9-8-22(28-24)30-12-10-29(11-13-30)18-4-3-5-19(15-18)32-2/h3-9,14-15H,10-13,16H2,1-2H3,(H,27,31). The number of amides is 1. The Balaban J connectivity index is 1.31. The van der Waals surface area contributed by atoms with Gasteiger partial charge in [0, 0.05) is 44.1 Å². The normalized spacial score (nSPS) is 13.7. The molecule has 1 aliphatic heterocycles. The van der Waals surface area contributed by atoms with Crippen molar-refractivity contribution in [2.24, 2.45) is 0 Å². The molecule has 1 saturated heterocycles. The molecule has 1 aliphatic rings. The number of piperazine rings is 1. The number of methoxy groups -OCH3 is 1. The molecule has 0 spiro atoms. The van der Waals surface area contributed by atoms with Gasteiger partial charge in [0.2, 0.25) is 5.91 Å². The van der Waals surface area contributed by atoms with Gasteiger partial charge in [0.05, 0.1) is 18.6 Å². The van der Waals surface area contributed by atoms with Gasteiger partial charge in [-0.25, -0.2) is 14.4 Å². The molecule has 1 aromatic heterocycles. The molecule has 0 atom stereocenters. The van der Waals surface area contributed by atoms with Crippen LogP contribution in [0.4, 0.5) is 21.6 Å². The van der Waals surface area contributed by atoms with Crippen LogP contribution in [-0.4, -0.2) is 54.9 Å². The zero-order valence-corrected chi connectivity index (χ0v) is 19.4. The average molecular weight is 468 g/mol. The maximum absolute atomic E-state index is 13.9. The summed E-state index contributed by atoms with van der Waals surface area (Å²) in [6, 6.07) is 14.7. The molecule has 3 aromatic rings. The number of thioether (sulfide) groups is 1. The lowest BCUT2D eigenvalue weighted by Crippen LogP contribution is -2.46. The highest BCUT2D eigenvalue weighted by atomic mass is 32.2. The van der Waals surface area contributed by atoms with E-state index in [9.17, 15) is 9.18 Å². The van der Waals surface area contributed by atoms with E-state index in [1.54, 1.807) is 32.4 Å². The fraction of sp³-hybridized carbons (Fsp3) is 0.292. The predicted molar refractivity (Wildman–Crippen MR) is 130 cm³/mol. The average Bonchev–Trinajstić information content (AvgIpc) is 2.85. The monoisotopic (exact) mass is 467 g/mol. The molecule has 7 nitrogen and oxygen atoms in total. The first kappa shape index (κ1) is 22.8. The molecule has 4 rings (SSSR count). The molecule has 2 heterocycles. The lowest BCUT2D eigenvalue weighted by molar-refractivity contribution is -0.113. The number of hydrogen-bond acceptors (Lipinski definition) is 7. The topological polar surface area (TPSA) is 70.6 Å². The van der Waals surface area contributed by atoms with Gasteiger partial charge in [-0.3, -0.25) is 4.79 Å². The van der Waals surface area contributed by atoms with Crippen molar-refractivity contribution in [3.8, 4) is 5.75 Å². The van der Waals surface area contributed by atoms with Crippen LogP contribution in [0, 0.1) is 12.7 Å². The van der Waals surface area contributed by atoms with E-state index in [4.69, 9.17) is 4.74 Å². The van der Waals surface area contributed by atoms with E-state index in [0.29, 0.717) is 5.16 Å². The predicted octanol–water partition coefficient (Wildman–Crippen LogP) is 3.99. The Morgan fingerprint density at radius 3 is 2.67 bits per heavy atom. The van der Waals surface area contributed by atoms with E-state index in [-0.39, 0.29) is 17.3 Å². The third-order valence-corrected chi connectivity index (χ3v) is 6.23. The molecule has 0 radical (unpaired) electrons. The van der Waals surface area contributed by atoms with Crippen LogP contribution in [0.1, 0.15) is 5.56 Å². The third kappa shape index (κ3) is 5.92. The van der Waals surface area contributed by atoms with Gasteiger partial charge in [0.1, 0.15) is 17.4 Å². The molecule has 0 bridgehead atoms. The lowest BCUT2D eigenvalue weighted by Gasteiger charge is -2.36. The largest absolute Gasteiger partial charge is 0.497 e. The molecule has 0 aliphatic carbocycles. The van der Waals surface area contributed by atoms with Crippen molar-refractivity contribution in [1.82, 2.24) is 9.97 Å². The summed E-state index contributed by atoms with van der Waals surface area (Å²) in [5.41, 5.74) is 2.12. The SMILES string of the molecule is COc1cccc(N2CCN(c3ccnc(SCC(=O)Nc4ccc(C)cc4F)n3)CC2)c1. The van der Waals surface area contributed by atoms with Gasteiger partial charge in [-0.05, 0) is 42.8 Å². The van der Waals surface area contributed by atoms with Crippen molar-refractivity contribution in [3.05, 3.63) is 66.1 Å². The molecule has 33 heavy (non-hydrogen) atoms. The Labute approximate surface area is 197 Å². The highest BCUT2D eigenvalue weighted by molar-refractivity contribution is 7.99. The van der Waals surface area contributed by atoms with Crippen LogP contribution in [-0.2, 0) is 4.79 Å². The first-order valence-electron chi connectivity index (χ1n) is 10.7. The molecular weight excluding hydrogens is 441 g/mol. The number of benzene rings is 2.